The Morgan fingerprint density at radius 3 is 2.23 bits per heavy atom. The van der Waals surface area contributed by atoms with Crippen LogP contribution in [0.5, 0.6) is 17.2 Å². The first-order chi connectivity index (χ1) is 15.0. The van der Waals surface area contributed by atoms with Crippen LogP contribution in [0.25, 0.3) is 0 Å². The Bertz CT molecular complexity index is 1040. The minimum absolute atomic E-state index is 0.0338. The molecule has 0 aliphatic carbocycles. The maximum atomic E-state index is 13.1. The molecule has 3 aromatic carbocycles. The van der Waals surface area contributed by atoms with Crippen LogP contribution in [-0.2, 0) is 11.2 Å². The molecule has 0 unspecified atom stereocenters. The lowest BCUT2D eigenvalue weighted by molar-refractivity contribution is 0.0503. The number of hydrogen-bond donors (Lipinski definition) is 0. The van der Waals surface area contributed by atoms with Crippen molar-refractivity contribution in [1.82, 2.24) is 0 Å². The van der Waals surface area contributed by atoms with Crippen LogP contribution >= 0.6 is 0 Å². The van der Waals surface area contributed by atoms with Crippen LogP contribution in [0.15, 0.2) is 66.7 Å². The van der Waals surface area contributed by atoms with Crippen molar-refractivity contribution < 1.29 is 28.5 Å². The molecular weight excluding hydrogens is 396 g/mol. The Balaban J connectivity index is 1.92. The van der Waals surface area contributed by atoms with E-state index < -0.39 is 5.97 Å². The van der Waals surface area contributed by atoms with E-state index >= 15 is 0 Å². The van der Waals surface area contributed by atoms with E-state index in [9.17, 15) is 9.59 Å². The lowest BCUT2D eigenvalue weighted by Crippen LogP contribution is -2.14. The number of carbonyl (C=O) groups is 2. The van der Waals surface area contributed by atoms with Gasteiger partial charge in [-0.3, -0.25) is 4.79 Å². The molecule has 6 nitrogen and oxygen atoms in total. The van der Waals surface area contributed by atoms with Crippen molar-refractivity contribution >= 4 is 11.8 Å². The van der Waals surface area contributed by atoms with Gasteiger partial charge in [0.1, 0.15) is 17.2 Å². The summed E-state index contributed by atoms with van der Waals surface area (Å²) in [5.74, 6) is 0.636. The third-order valence-electron chi connectivity index (χ3n) is 4.72. The van der Waals surface area contributed by atoms with Gasteiger partial charge < -0.3 is 18.9 Å². The van der Waals surface area contributed by atoms with Gasteiger partial charge in [-0.15, -0.1) is 0 Å². The van der Waals surface area contributed by atoms with Gasteiger partial charge in [0.15, 0.2) is 12.6 Å². The Hall–Kier alpha value is -3.64. The minimum atomic E-state index is -0.550. The Morgan fingerprint density at radius 2 is 1.58 bits per heavy atom. The van der Waals surface area contributed by atoms with Crippen LogP contribution in [0, 0.1) is 6.92 Å². The molecule has 160 valence electrons. The fraction of sp³-hybridized carbons (Fsp3) is 0.200. The summed E-state index contributed by atoms with van der Waals surface area (Å²) in [7, 11) is 3.10. The molecule has 0 aliphatic heterocycles. The zero-order chi connectivity index (χ0) is 22.2. The van der Waals surface area contributed by atoms with Gasteiger partial charge in [-0.2, -0.15) is 0 Å². The summed E-state index contributed by atoms with van der Waals surface area (Å²) in [6, 6.07) is 19.2. The highest BCUT2D eigenvalue weighted by molar-refractivity contribution is 6.02. The summed E-state index contributed by atoms with van der Waals surface area (Å²) in [5.41, 5.74) is 2.06. The molecule has 0 saturated carbocycles. The van der Waals surface area contributed by atoms with E-state index in [1.165, 1.54) is 7.11 Å². The number of rotatable bonds is 9. The van der Waals surface area contributed by atoms with Crippen LogP contribution in [0.3, 0.4) is 0 Å². The molecule has 3 rings (SSSR count). The molecule has 0 heterocycles. The SMILES string of the molecule is COCOc1ccc(C(=O)Cc2ccc(OC)cc2)c(OC(=O)c2ccccc2)c1C. The molecule has 0 N–H and O–H groups in total. The highest BCUT2D eigenvalue weighted by atomic mass is 16.7. The van der Waals surface area contributed by atoms with Crippen LogP contribution in [0.1, 0.15) is 31.8 Å². The molecule has 0 aliphatic rings. The first kappa shape index (κ1) is 22.1. The molecule has 0 fully saturated rings. The van der Waals surface area contributed by atoms with E-state index in [4.69, 9.17) is 18.9 Å². The van der Waals surface area contributed by atoms with Gasteiger partial charge in [-0.05, 0) is 48.9 Å². The molecule has 3 aromatic rings. The molecule has 0 saturated heterocycles. The van der Waals surface area contributed by atoms with Crippen molar-refractivity contribution in [2.45, 2.75) is 13.3 Å². The number of ketones is 1. The number of hydrogen-bond acceptors (Lipinski definition) is 6. The van der Waals surface area contributed by atoms with Gasteiger partial charge in [-0.1, -0.05) is 30.3 Å². The molecule has 6 heteroatoms. The molecule has 0 spiro atoms. The summed E-state index contributed by atoms with van der Waals surface area (Å²) in [6.45, 7) is 1.77. The number of Topliss-reactive ketones (excluding diaryl/α,β-unsaturated/α-hetero) is 1. The van der Waals surface area contributed by atoms with E-state index in [0.717, 1.165) is 5.56 Å². The van der Waals surface area contributed by atoms with Crippen LogP contribution in [0.2, 0.25) is 0 Å². The summed E-state index contributed by atoms with van der Waals surface area (Å²) in [5, 5.41) is 0. The second-order valence-corrected chi connectivity index (χ2v) is 6.82. The highest BCUT2D eigenvalue weighted by Gasteiger charge is 2.21. The summed E-state index contributed by atoms with van der Waals surface area (Å²) < 4.78 is 21.3. The third kappa shape index (κ3) is 5.49. The van der Waals surface area contributed by atoms with E-state index in [1.807, 2.05) is 18.2 Å². The zero-order valence-electron chi connectivity index (χ0n) is 17.7. The Kier molecular flexibility index (Phi) is 7.40. The average molecular weight is 420 g/mol. The van der Waals surface area contributed by atoms with Crippen LogP contribution < -0.4 is 14.2 Å². The predicted octanol–water partition coefficient (Wildman–Crippen LogP) is 4.63. The molecule has 0 atom stereocenters. The monoisotopic (exact) mass is 420 g/mol. The van der Waals surface area contributed by atoms with Gasteiger partial charge in [-0.25, -0.2) is 4.79 Å². The molecular formula is C25H24O6. The second-order valence-electron chi connectivity index (χ2n) is 6.82. The highest BCUT2D eigenvalue weighted by Crippen LogP contribution is 2.33. The first-order valence-corrected chi connectivity index (χ1v) is 9.72. The topological polar surface area (TPSA) is 71.1 Å². The summed E-state index contributed by atoms with van der Waals surface area (Å²) in [6.07, 6.45) is 0.150. The molecule has 0 amide bonds. The van der Waals surface area contributed by atoms with Crippen molar-refractivity contribution in [3.63, 3.8) is 0 Å². The van der Waals surface area contributed by atoms with E-state index in [2.05, 4.69) is 0 Å². The Labute approximate surface area is 181 Å². The molecule has 0 radical (unpaired) electrons. The van der Waals surface area contributed by atoms with Crippen molar-refractivity contribution in [2.75, 3.05) is 21.0 Å². The van der Waals surface area contributed by atoms with Crippen molar-refractivity contribution in [2.24, 2.45) is 0 Å². The number of esters is 1. The normalized spacial score (nSPS) is 10.4. The van der Waals surface area contributed by atoms with Gasteiger partial charge in [0.2, 0.25) is 0 Å². The number of carbonyl (C=O) groups excluding carboxylic acids is 2. The summed E-state index contributed by atoms with van der Waals surface area (Å²) >= 11 is 0. The minimum Gasteiger partial charge on any atom is -0.497 e. The fourth-order valence-electron chi connectivity index (χ4n) is 3.05. The van der Waals surface area contributed by atoms with Crippen molar-refractivity contribution in [3.8, 4) is 17.2 Å². The molecule has 31 heavy (non-hydrogen) atoms. The van der Waals surface area contributed by atoms with E-state index in [0.29, 0.717) is 28.2 Å². The lowest BCUT2D eigenvalue weighted by atomic mass is 9.99. The Morgan fingerprint density at radius 1 is 0.871 bits per heavy atom. The first-order valence-electron chi connectivity index (χ1n) is 9.72. The van der Waals surface area contributed by atoms with Gasteiger partial charge in [0.05, 0.1) is 18.2 Å². The standard InChI is InChI=1S/C25H24O6/c1-17-23(30-16-28-2)14-13-21(22(26)15-18-9-11-20(29-3)12-10-18)24(17)31-25(27)19-7-5-4-6-8-19/h4-14H,15-16H2,1-3H3. The lowest BCUT2D eigenvalue weighted by Gasteiger charge is -2.16. The maximum Gasteiger partial charge on any atom is 0.343 e. The van der Waals surface area contributed by atoms with Crippen LogP contribution in [-0.4, -0.2) is 32.8 Å². The molecule has 0 bridgehead atoms. The number of benzene rings is 3. The second kappa shape index (κ2) is 10.4. The fourth-order valence-corrected chi connectivity index (χ4v) is 3.05. The van der Waals surface area contributed by atoms with Gasteiger partial charge in [0.25, 0.3) is 0 Å². The zero-order valence-corrected chi connectivity index (χ0v) is 17.7. The van der Waals surface area contributed by atoms with Crippen molar-refractivity contribution in [1.29, 1.82) is 0 Å². The van der Waals surface area contributed by atoms with Crippen LogP contribution in [0.4, 0.5) is 0 Å². The third-order valence-corrected chi connectivity index (χ3v) is 4.72. The van der Waals surface area contributed by atoms with E-state index in [1.54, 1.807) is 62.6 Å². The van der Waals surface area contributed by atoms with E-state index in [-0.39, 0.29) is 24.7 Å². The quantitative estimate of drug-likeness (QED) is 0.218. The van der Waals surface area contributed by atoms with Gasteiger partial charge >= 0.3 is 5.97 Å². The predicted molar refractivity (Wildman–Crippen MR) is 116 cm³/mol. The maximum absolute atomic E-state index is 13.1. The van der Waals surface area contributed by atoms with Gasteiger partial charge in [0, 0.05) is 19.1 Å². The average Bonchev–Trinajstić information content (AvgIpc) is 2.80. The largest absolute Gasteiger partial charge is 0.497 e. The smallest absolute Gasteiger partial charge is 0.343 e. The number of ether oxygens (including phenoxy) is 4. The van der Waals surface area contributed by atoms with Crippen molar-refractivity contribution in [3.05, 3.63) is 89.0 Å². The number of methoxy groups -OCH3 is 2. The summed E-state index contributed by atoms with van der Waals surface area (Å²) in [4.78, 5) is 25.8. The molecule has 0 aromatic heterocycles.